The summed E-state index contributed by atoms with van der Waals surface area (Å²) in [6, 6.07) is 9.72. The first-order valence-electron chi connectivity index (χ1n) is 4.80. The Balaban J connectivity index is 2.28. The molecule has 4 heteroatoms. The van der Waals surface area contributed by atoms with Crippen LogP contribution in [0.1, 0.15) is 5.56 Å². The second-order valence-corrected chi connectivity index (χ2v) is 4.19. The molecule has 0 aliphatic rings. The fourth-order valence-electron chi connectivity index (χ4n) is 1.66. The van der Waals surface area contributed by atoms with E-state index in [9.17, 15) is 0 Å². The van der Waals surface area contributed by atoms with E-state index in [1.54, 1.807) is 17.4 Å². The zero-order chi connectivity index (χ0) is 11.0. The van der Waals surface area contributed by atoms with Crippen LogP contribution in [0.2, 0.25) is 0 Å². The standard InChI is InChI=1S/C12H7N3S/c13-6-8-2-1-3-10-11(8)15-12(14-10)9-4-5-16-7-9/h1-5,7H,(H,14,15). The number of aromatic amines is 1. The molecular formula is C12H7N3S. The smallest absolute Gasteiger partial charge is 0.139 e. The van der Waals surface area contributed by atoms with Crippen LogP contribution in [0.25, 0.3) is 22.4 Å². The fourth-order valence-corrected chi connectivity index (χ4v) is 2.30. The number of H-pyrrole nitrogens is 1. The average molecular weight is 225 g/mol. The van der Waals surface area contributed by atoms with E-state index in [0.717, 1.165) is 22.4 Å². The molecule has 0 saturated carbocycles. The summed E-state index contributed by atoms with van der Waals surface area (Å²) in [6.07, 6.45) is 0. The predicted molar refractivity (Wildman–Crippen MR) is 64.1 cm³/mol. The molecule has 0 bridgehead atoms. The largest absolute Gasteiger partial charge is 0.338 e. The Morgan fingerprint density at radius 3 is 3.00 bits per heavy atom. The van der Waals surface area contributed by atoms with Gasteiger partial charge in [0.05, 0.1) is 11.1 Å². The van der Waals surface area contributed by atoms with Crippen molar-refractivity contribution in [1.82, 2.24) is 9.97 Å². The van der Waals surface area contributed by atoms with Crippen LogP contribution >= 0.6 is 11.3 Å². The quantitative estimate of drug-likeness (QED) is 0.691. The summed E-state index contributed by atoms with van der Waals surface area (Å²) in [6.45, 7) is 0. The zero-order valence-electron chi connectivity index (χ0n) is 8.27. The first-order valence-corrected chi connectivity index (χ1v) is 5.74. The van der Waals surface area contributed by atoms with Gasteiger partial charge in [0.25, 0.3) is 0 Å². The van der Waals surface area contributed by atoms with Gasteiger partial charge in [-0.15, -0.1) is 0 Å². The van der Waals surface area contributed by atoms with E-state index >= 15 is 0 Å². The van der Waals surface area contributed by atoms with Crippen molar-refractivity contribution in [3.63, 3.8) is 0 Å². The normalized spacial score (nSPS) is 10.4. The van der Waals surface area contributed by atoms with Gasteiger partial charge in [-0.3, -0.25) is 0 Å². The molecule has 1 N–H and O–H groups in total. The maximum atomic E-state index is 8.97. The van der Waals surface area contributed by atoms with Crippen LogP contribution in [-0.2, 0) is 0 Å². The maximum absolute atomic E-state index is 8.97. The molecule has 0 amide bonds. The predicted octanol–water partition coefficient (Wildman–Crippen LogP) is 3.16. The van der Waals surface area contributed by atoms with Crippen molar-refractivity contribution in [1.29, 1.82) is 5.26 Å². The number of hydrogen-bond donors (Lipinski definition) is 1. The SMILES string of the molecule is N#Cc1cccc2[nH]c(-c3ccsc3)nc12. The Morgan fingerprint density at radius 2 is 2.25 bits per heavy atom. The molecule has 2 aromatic heterocycles. The zero-order valence-corrected chi connectivity index (χ0v) is 9.08. The first-order chi connectivity index (χ1) is 7.88. The summed E-state index contributed by atoms with van der Waals surface area (Å²) in [7, 11) is 0. The Hall–Kier alpha value is -2.12. The molecular weight excluding hydrogens is 218 g/mol. The van der Waals surface area contributed by atoms with Gasteiger partial charge in [-0.25, -0.2) is 4.98 Å². The van der Waals surface area contributed by atoms with Gasteiger partial charge in [0.2, 0.25) is 0 Å². The summed E-state index contributed by atoms with van der Waals surface area (Å²) in [5.41, 5.74) is 3.31. The molecule has 16 heavy (non-hydrogen) atoms. The molecule has 3 nitrogen and oxygen atoms in total. The van der Waals surface area contributed by atoms with E-state index in [4.69, 9.17) is 5.26 Å². The maximum Gasteiger partial charge on any atom is 0.139 e. The number of nitrogens with zero attached hydrogens (tertiary/aromatic N) is 2. The van der Waals surface area contributed by atoms with Gasteiger partial charge >= 0.3 is 0 Å². The highest BCUT2D eigenvalue weighted by molar-refractivity contribution is 7.08. The number of para-hydroxylation sites is 1. The molecule has 0 aliphatic heterocycles. The van der Waals surface area contributed by atoms with Crippen molar-refractivity contribution in [2.45, 2.75) is 0 Å². The number of nitrogens with one attached hydrogen (secondary N) is 1. The number of thiophene rings is 1. The van der Waals surface area contributed by atoms with Crippen molar-refractivity contribution in [3.8, 4) is 17.5 Å². The van der Waals surface area contributed by atoms with Gasteiger partial charge in [0.15, 0.2) is 0 Å². The number of imidazole rings is 1. The van der Waals surface area contributed by atoms with Gasteiger partial charge < -0.3 is 4.98 Å². The van der Waals surface area contributed by atoms with Gasteiger partial charge in [0, 0.05) is 10.9 Å². The molecule has 0 saturated heterocycles. The Kier molecular flexibility index (Phi) is 1.98. The minimum atomic E-state index is 0.607. The lowest BCUT2D eigenvalue weighted by atomic mass is 10.2. The van der Waals surface area contributed by atoms with Gasteiger partial charge in [0.1, 0.15) is 17.4 Å². The van der Waals surface area contributed by atoms with Crippen molar-refractivity contribution < 1.29 is 0 Å². The summed E-state index contributed by atoms with van der Waals surface area (Å²) in [5, 5.41) is 13.0. The Labute approximate surface area is 96.0 Å². The van der Waals surface area contributed by atoms with Gasteiger partial charge in [-0.05, 0) is 23.6 Å². The molecule has 3 rings (SSSR count). The molecule has 0 unspecified atom stereocenters. The summed E-state index contributed by atoms with van der Waals surface area (Å²) < 4.78 is 0. The number of aromatic nitrogens is 2. The molecule has 0 fully saturated rings. The lowest BCUT2D eigenvalue weighted by Crippen LogP contribution is -1.77. The third-order valence-electron chi connectivity index (χ3n) is 2.43. The molecule has 0 aliphatic carbocycles. The van der Waals surface area contributed by atoms with Crippen LogP contribution in [-0.4, -0.2) is 9.97 Å². The van der Waals surface area contributed by atoms with Crippen LogP contribution in [0.3, 0.4) is 0 Å². The summed E-state index contributed by atoms with van der Waals surface area (Å²) in [5.74, 6) is 0.818. The topological polar surface area (TPSA) is 52.5 Å². The third-order valence-corrected chi connectivity index (χ3v) is 3.11. The molecule has 3 aromatic rings. The van der Waals surface area contributed by atoms with Crippen LogP contribution in [0.15, 0.2) is 35.0 Å². The highest BCUT2D eigenvalue weighted by Gasteiger charge is 2.08. The van der Waals surface area contributed by atoms with E-state index < -0.39 is 0 Å². The monoisotopic (exact) mass is 225 g/mol. The van der Waals surface area contributed by atoms with Gasteiger partial charge in [-0.1, -0.05) is 6.07 Å². The Bertz CT molecular complexity index is 674. The number of fused-ring (bicyclic) bond motifs is 1. The minimum absolute atomic E-state index is 0.607. The molecule has 76 valence electrons. The second-order valence-electron chi connectivity index (χ2n) is 3.41. The van der Waals surface area contributed by atoms with E-state index in [1.165, 1.54) is 0 Å². The van der Waals surface area contributed by atoms with Crippen molar-refractivity contribution in [2.75, 3.05) is 0 Å². The molecule has 0 radical (unpaired) electrons. The lowest BCUT2D eigenvalue weighted by molar-refractivity contribution is 1.34. The molecule has 2 heterocycles. The van der Waals surface area contributed by atoms with E-state index in [2.05, 4.69) is 16.0 Å². The minimum Gasteiger partial charge on any atom is -0.338 e. The summed E-state index contributed by atoms with van der Waals surface area (Å²) >= 11 is 1.63. The van der Waals surface area contributed by atoms with E-state index in [-0.39, 0.29) is 0 Å². The van der Waals surface area contributed by atoms with E-state index in [0.29, 0.717) is 5.56 Å². The van der Waals surface area contributed by atoms with Crippen molar-refractivity contribution in [3.05, 3.63) is 40.6 Å². The number of nitriles is 1. The second kappa shape index (κ2) is 3.47. The molecule has 0 atom stereocenters. The number of rotatable bonds is 1. The third kappa shape index (κ3) is 1.30. The molecule has 1 aromatic carbocycles. The summed E-state index contributed by atoms with van der Waals surface area (Å²) in [4.78, 5) is 7.67. The first kappa shape index (κ1) is 9.13. The highest BCUT2D eigenvalue weighted by Crippen LogP contribution is 2.23. The van der Waals surface area contributed by atoms with Crippen LogP contribution in [0.5, 0.6) is 0 Å². The van der Waals surface area contributed by atoms with Crippen LogP contribution < -0.4 is 0 Å². The Morgan fingerprint density at radius 1 is 1.31 bits per heavy atom. The fraction of sp³-hybridized carbons (Fsp3) is 0. The van der Waals surface area contributed by atoms with Crippen molar-refractivity contribution in [2.24, 2.45) is 0 Å². The highest BCUT2D eigenvalue weighted by atomic mass is 32.1. The number of hydrogen-bond acceptors (Lipinski definition) is 3. The van der Waals surface area contributed by atoms with Crippen molar-refractivity contribution >= 4 is 22.4 Å². The average Bonchev–Trinajstić information content (AvgIpc) is 2.96. The number of benzene rings is 1. The van der Waals surface area contributed by atoms with Crippen LogP contribution in [0, 0.1) is 11.3 Å². The van der Waals surface area contributed by atoms with Gasteiger partial charge in [-0.2, -0.15) is 16.6 Å². The molecule has 0 spiro atoms. The lowest BCUT2D eigenvalue weighted by Gasteiger charge is -1.88. The van der Waals surface area contributed by atoms with Crippen LogP contribution in [0.4, 0.5) is 0 Å². The van der Waals surface area contributed by atoms with E-state index in [1.807, 2.05) is 29.0 Å².